The van der Waals surface area contributed by atoms with Gasteiger partial charge in [-0.1, -0.05) is 12.1 Å². The van der Waals surface area contributed by atoms with Crippen LogP contribution in [0.3, 0.4) is 0 Å². The van der Waals surface area contributed by atoms with Crippen molar-refractivity contribution in [3.8, 4) is 11.6 Å². The lowest BCUT2D eigenvalue weighted by molar-refractivity contribution is 0.0937. The van der Waals surface area contributed by atoms with Crippen LogP contribution in [0.15, 0.2) is 91.4 Å². The molecule has 0 radical (unpaired) electrons. The third-order valence-electron chi connectivity index (χ3n) is 4.64. The Balaban J connectivity index is 1.41. The number of nitrogens with zero attached hydrogens (tertiary/aromatic N) is 3. The molecule has 7 heteroatoms. The highest BCUT2D eigenvalue weighted by atomic mass is 16.5. The first-order valence-corrected chi connectivity index (χ1v) is 10.3. The van der Waals surface area contributed by atoms with Gasteiger partial charge in [-0.05, 0) is 67.6 Å². The number of benzene rings is 1. The van der Waals surface area contributed by atoms with E-state index in [0.717, 1.165) is 17.2 Å². The van der Waals surface area contributed by atoms with Gasteiger partial charge in [-0.3, -0.25) is 9.78 Å². The van der Waals surface area contributed by atoms with Gasteiger partial charge in [0, 0.05) is 42.4 Å². The maximum atomic E-state index is 12.8. The largest absolute Gasteiger partial charge is 0.438 e. The van der Waals surface area contributed by atoms with Gasteiger partial charge in [0.2, 0.25) is 5.88 Å². The van der Waals surface area contributed by atoms with E-state index in [0.29, 0.717) is 17.7 Å². The van der Waals surface area contributed by atoms with Crippen LogP contribution >= 0.6 is 0 Å². The molecule has 32 heavy (non-hydrogen) atoms. The van der Waals surface area contributed by atoms with Crippen molar-refractivity contribution in [2.45, 2.75) is 19.4 Å². The van der Waals surface area contributed by atoms with E-state index in [2.05, 4.69) is 25.6 Å². The van der Waals surface area contributed by atoms with Gasteiger partial charge < -0.3 is 15.4 Å². The second-order valence-electron chi connectivity index (χ2n) is 7.22. The molecule has 0 fully saturated rings. The van der Waals surface area contributed by atoms with Crippen LogP contribution in [0.5, 0.6) is 11.6 Å². The normalized spacial score (nSPS) is 11.4. The summed E-state index contributed by atoms with van der Waals surface area (Å²) in [5, 5.41) is 6.21. The first-order chi connectivity index (χ1) is 15.7. The summed E-state index contributed by atoms with van der Waals surface area (Å²) in [6.07, 6.45) is 5.70. The highest BCUT2D eigenvalue weighted by Gasteiger charge is 2.17. The Hall–Kier alpha value is -4.26. The number of nitrogens with one attached hydrogen (secondary N) is 2. The standard InChI is InChI=1S/C25H23N5O2/c1-18(17-20-7-2-4-14-26-20)29-24(31)22-8-6-16-28-25(22)32-21-12-10-19(11-13-21)30-23-9-3-5-15-27-23/h2-16,18H,17H2,1H3,(H,27,30)(H,29,31). The minimum atomic E-state index is -0.245. The summed E-state index contributed by atoms with van der Waals surface area (Å²) in [6, 6.07) is 22.1. The summed E-state index contributed by atoms with van der Waals surface area (Å²) in [5.74, 6) is 1.33. The van der Waals surface area contributed by atoms with Crippen LogP contribution in [0.25, 0.3) is 0 Å². The Labute approximate surface area is 186 Å². The maximum Gasteiger partial charge on any atom is 0.257 e. The highest BCUT2D eigenvalue weighted by Crippen LogP contribution is 2.25. The summed E-state index contributed by atoms with van der Waals surface area (Å²) < 4.78 is 5.91. The number of hydrogen-bond acceptors (Lipinski definition) is 6. The molecule has 0 aliphatic carbocycles. The van der Waals surface area contributed by atoms with Crippen LogP contribution in [0.4, 0.5) is 11.5 Å². The molecule has 0 bridgehead atoms. The predicted octanol–water partition coefficient (Wildman–Crippen LogP) is 4.77. The minimum Gasteiger partial charge on any atom is -0.438 e. The van der Waals surface area contributed by atoms with E-state index in [4.69, 9.17) is 4.74 Å². The molecule has 1 unspecified atom stereocenters. The van der Waals surface area contributed by atoms with Crippen molar-refractivity contribution >= 4 is 17.4 Å². The Bertz CT molecular complexity index is 1150. The van der Waals surface area contributed by atoms with Crippen LogP contribution in [0.2, 0.25) is 0 Å². The van der Waals surface area contributed by atoms with E-state index in [1.54, 1.807) is 30.7 Å². The fraction of sp³-hybridized carbons (Fsp3) is 0.120. The molecule has 7 nitrogen and oxygen atoms in total. The van der Waals surface area contributed by atoms with E-state index in [1.165, 1.54) is 0 Å². The van der Waals surface area contributed by atoms with Crippen molar-refractivity contribution in [3.63, 3.8) is 0 Å². The zero-order valence-corrected chi connectivity index (χ0v) is 17.6. The molecule has 0 aliphatic heterocycles. The van der Waals surface area contributed by atoms with Crippen molar-refractivity contribution in [1.82, 2.24) is 20.3 Å². The second kappa shape index (κ2) is 10.2. The van der Waals surface area contributed by atoms with Gasteiger partial charge in [0.05, 0.1) is 0 Å². The Morgan fingerprint density at radius 3 is 2.34 bits per heavy atom. The fourth-order valence-electron chi connectivity index (χ4n) is 3.13. The molecular weight excluding hydrogens is 402 g/mol. The predicted molar refractivity (Wildman–Crippen MR) is 123 cm³/mol. The Morgan fingerprint density at radius 1 is 0.875 bits per heavy atom. The molecule has 0 spiro atoms. The lowest BCUT2D eigenvalue weighted by atomic mass is 10.1. The van der Waals surface area contributed by atoms with Gasteiger partial charge in [0.25, 0.3) is 5.91 Å². The maximum absolute atomic E-state index is 12.8. The quantitative estimate of drug-likeness (QED) is 0.423. The summed E-state index contributed by atoms with van der Waals surface area (Å²) in [7, 11) is 0. The van der Waals surface area contributed by atoms with Gasteiger partial charge in [-0.2, -0.15) is 0 Å². The van der Waals surface area contributed by atoms with Crippen molar-refractivity contribution < 1.29 is 9.53 Å². The number of anilines is 2. The smallest absolute Gasteiger partial charge is 0.257 e. The lowest BCUT2D eigenvalue weighted by Gasteiger charge is -2.15. The zero-order valence-electron chi connectivity index (χ0n) is 17.6. The second-order valence-corrected chi connectivity index (χ2v) is 7.22. The van der Waals surface area contributed by atoms with Crippen molar-refractivity contribution in [3.05, 3.63) is 103 Å². The fourth-order valence-corrected chi connectivity index (χ4v) is 3.13. The summed E-state index contributed by atoms with van der Waals surface area (Å²) in [6.45, 7) is 1.94. The van der Waals surface area contributed by atoms with Gasteiger partial charge in [0.15, 0.2) is 0 Å². The monoisotopic (exact) mass is 425 g/mol. The topological polar surface area (TPSA) is 89.0 Å². The molecule has 0 saturated heterocycles. The average Bonchev–Trinajstić information content (AvgIpc) is 2.82. The van der Waals surface area contributed by atoms with Gasteiger partial charge in [-0.25, -0.2) is 9.97 Å². The molecule has 1 atom stereocenters. The lowest BCUT2D eigenvalue weighted by Crippen LogP contribution is -2.34. The summed E-state index contributed by atoms with van der Waals surface area (Å²) in [4.78, 5) is 25.7. The molecule has 3 heterocycles. The summed E-state index contributed by atoms with van der Waals surface area (Å²) in [5.41, 5.74) is 2.16. The average molecular weight is 425 g/mol. The molecule has 3 aromatic heterocycles. The summed E-state index contributed by atoms with van der Waals surface area (Å²) >= 11 is 0. The molecular formula is C25H23N5O2. The number of ether oxygens (including phenoxy) is 1. The van der Waals surface area contributed by atoms with Crippen LogP contribution < -0.4 is 15.4 Å². The Morgan fingerprint density at radius 2 is 1.62 bits per heavy atom. The molecule has 2 N–H and O–H groups in total. The highest BCUT2D eigenvalue weighted by molar-refractivity contribution is 5.96. The van der Waals surface area contributed by atoms with Crippen molar-refractivity contribution in [2.75, 3.05) is 5.32 Å². The zero-order chi connectivity index (χ0) is 22.2. The van der Waals surface area contributed by atoms with Crippen molar-refractivity contribution in [2.24, 2.45) is 0 Å². The molecule has 4 rings (SSSR count). The number of carbonyl (C=O) groups is 1. The third kappa shape index (κ3) is 5.66. The molecule has 0 saturated carbocycles. The first kappa shape index (κ1) is 21.0. The van der Waals surface area contributed by atoms with E-state index in [1.807, 2.05) is 67.6 Å². The first-order valence-electron chi connectivity index (χ1n) is 10.3. The van der Waals surface area contributed by atoms with Gasteiger partial charge >= 0.3 is 0 Å². The van der Waals surface area contributed by atoms with Crippen LogP contribution in [0.1, 0.15) is 23.0 Å². The number of amides is 1. The van der Waals surface area contributed by atoms with E-state index in [9.17, 15) is 4.79 Å². The third-order valence-corrected chi connectivity index (χ3v) is 4.64. The van der Waals surface area contributed by atoms with Gasteiger partial charge in [-0.15, -0.1) is 0 Å². The van der Waals surface area contributed by atoms with Gasteiger partial charge in [0.1, 0.15) is 17.1 Å². The van der Waals surface area contributed by atoms with E-state index in [-0.39, 0.29) is 17.8 Å². The minimum absolute atomic E-state index is 0.0950. The number of pyridine rings is 3. The van der Waals surface area contributed by atoms with Crippen molar-refractivity contribution in [1.29, 1.82) is 0 Å². The number of carbonyl (C=O) groups excluding carboxylic acids is 1. The number of rotatable bonds is 8. The Kier molecular flexibility index (Phi) is 6.67. The molecule has 0 aliphatic rings. The number of hydrogen-bond donors (Lipinski definition) is 2. The van der Waals surface area contributed by atoms with E-state index >= 15 is 0 Å². The van der Waals surface area contributed by atoms with Crippen LogP contribution in [-0.4, -0.2) is 26.9 Å². The van der Waals surface area contributed by atoms with Crippen LogP contribution in [-0.2, 0) is 6.42 Å². The molecule has 4 aromatic rings. The molecule has 160 valence electrons. The molecule has 1 aromatic carbocycles. The van der Waals surface area contributed by atoms with E-state index < -0.39 is 0 Å². The number of aromatic nitrogens is 3. The SMILES string of the molecule is CC(Cc1ccccn1)NC(=O)c1cccnc1Oc1ccc(Nc2ccccn2)cc1. The molecule has 1 amide bonds. The van der Waals surface area contributed by atoms with Crippen LogP contribution in [0, 0.1) is 0 Å².